The van der Waals surface area contributed by atoms with E-state index < -0.39 is 5.97 Å². The second kappa shape index (κ2) is 12.6. The standard InChI is InChI=1S/C34H36FN3O4/c1-4-42-34(41)32-24(3)38(31(39)21-28(32)27-10-6-5-9-23(27)2)22-25-13-15-26(16-14-25)33(40)37-19-17-36(18-20-37)30-12-8-7-11-29(30)35/h5-16,28H,4,17-22H2,1-3H3. The summed E-state index contributed by atoms with van der Waals surface area (Å²) in [6.07, 6.45) is 0.172. The van der Waals surface area contributed by atoms with Gasteiger partial charge in [-0.05, 0) is 61.7 Å². The van der Waals surface area contributed by atoms with Gasteiger partial charge in [0.1, 0.15) is 5.82 Å². The Morgan fingerprint density at radius 1 is 0.905 bits per heavy atom. The quantitative estimate of drug-likeness (QED) is 0.354. The lowest BCUT2D eigenvalue weighted by Crippen LogP contribution is -2.49. The summed E-state index contributed by atoms with van der Waals surface area (Å²) in [4.78, 5) is 45.1. The lowest BCUT2D eigenvalue weighted by Gasteiger charge is -2.36. The van der Waals surface area contributed by atoms with Crippen LogP contribution < -0.4 is 4.90 Å². The van der Waals surface area contributed by atoms with Crippen LogP contribution in [0.25, 0.3) is 0 Å². The molecular weight excluding hydrogens is 533 g/mol. The highest BCUT2D eigenvalue weighted by atomic mass is 19.1. The fourth-order valence-corrected chi connectivity index (χ4v) is 5.90. The molecule has 0 spiro atoms. The number of aryl methyl sites for hydroxylation is 1. The molecule has 5 rings (SSSR count). The fraction of sp³-hybridized carbons (Fsp3) is 0.324. The van der Waals surface area contributed by atoms with Crippen LogP contribution in [0.1, 0.15) is 53.2 Å². The molecule has 0 aromatic heterocycles. The summed E-state index contributed by atoms with van der Waals surface area (Å²) in [6.45, 7) is 8.19. The summed E-state index contributed by atoms with van der Waals surface area (Å²) in [5, 5.41) is 0. The zero-order valence-corrected chi connectivity index (χ0v) is 24.3. The van der Waals surface area contributed by atoms with Crippen LogP contribution in [0.15, 0.2) is 84.1 Å². The predicted octanol–water partition coefficient (Wildman–Crippen LogP) is 5.45. The number of rotatable bonds is 7. The van der Waals surface area contributed by atoms with E-state index in [1.165, 1.54) is 6.07 Å². The first kappa shape index (κ1) is 29.0. The van der Waals surface area contributed by atoms with Gasteiger partial charge in [-0.15, -0.1) is 0 Å². The zero-order valence-electron chi connectivity index (χ0n) is 24.3. The first-order valence-corrected chi connectivity index (χ1v) is 14.4. The maximum absolute atomic E-state index is 14.2. The van der Waals surface area contributed by atoms with E-state index in [1.54, 1.807) is 47.9 Å². The minimum absolute atomic E-state index is 0.0679. The van der Waals surface area contributed by atoms with Gasteiger partial charge in [0.25, 0.3) is 5.91 Å². The molecule has 1 atom stereocenters. The number of hydrogen-bond donors (Lipinski definition) is 0. The molecule has 3 aromatic carbocycles. The summed E-state index contributed by atoms with van der Waals surface area (Å²) in [5.41, 5.74) is 5.03. The first-order valence-electron chi connectivity index (χ1n) is 14.4. The smallest absolute Gasteiger partial charge is 0.336 e. The molecule has 1 fully saturated rings. The summed E-state index contributed by atoms with van der Waals surface area (Å²) in [6, 6.07) is 21.7. The molecule has 2 aliphatic heterocycles. The SMILES string of the molecule is CCOC(=O)C1=C(C)N(Cc2ccc(C(=O)N3CCN(c4ccccc4F)CC3)cc2)C(=O)CC1c1ccccc1C. The number of nitrogens with zero attached hydrogens (tertiary/aromatic N) is 3. The van der Waals surface area contributed by atoms with E-state index in [1.807, 2.05) is 54.3 Å². The number of esters is 1. The molecule has 0 radical (unpaired) electrons. The van der Waals surface area contributed by atoms with Crippen molar-refractivity contribution in [3.05, 3.63) is 112 Å². The topological polar surface area (TPSA) is 70.2 Å². The molecule has 1 unspecified atom stereocenters. The van der Waals surface area contributed by atoms with Crippen LogP contribution in [0.5, 0.6) is 0 Å². The number of piperazine rings is 1. The molecule has 42 heavy (non-hydrogen) atoms. The molecule has 3 aromatic rings. The second-order valence-electron chi connectivity index (χ2n) is 10.7. The van der Waals surface area contributed by atoms with Gasteiger partial charge in [-0.1, -0.05) is 48.5 Å². The molecule has 7 nitrogen and oxygen atoms in total. The van der Waals surface area contributed by atoms with Crippen molar-refractivity contribution in [3.8, 4) is 0 Å². The van der Waals surface area contributed by atoms with Gasteiger partial charge < -0.3 is 19.4 Å². The number of para-hydroxylation sites is 1. The highest BCUT2D eigenvalue weighted by Crippen LogP contribution is 2.39. The number of ether oxygens (including phenoxy) is 1. The van der Waals surface area contributed by atoms with Gasteiger partial charge in [-0.2, -0.15) is 0 Å². The van der Waals surface area contributed by atoms with Gasteiger partial charge in [-0.25, -0.2) is 9.18 Å². The Kier molecular flexibility index (Phi) is 8.71. The number of carbonyl (C=O) groups is 3. The van der Waals surface area contributed by atoms with E-state index in [-0.39, 0.29) is 43.1 Å². The Bertz CT molecular complexity index is 1510. The third-order valence-corrected chi connectivity index (χ3v) is 8.18. The Labute approximate surface area is 246 Å². The first-order chi connectivity index (χ1) is 20.3. The molecule has 0 aliphatic carbocycles. The van der Waals surface area contributed by atoms with Crippen LogP contribution in [0.4, 0.5) is 10.1 Å². The molecule has 0 saturated carbocycles. The highest BCUT2D eigenvalue weighted by molar-refractivity contribution is 5.96. The third-order valence-electron chi connectivity index (χ3n) is 8.18. The van der Waals surface area contributed by atoms with E-state index in [4.69, 9.17) is 4.74 Å². The number of benzene rings is 3. The van der Waals surface area contributed by atoms with Gasteiger partial charge in [0.05, 0.1) is 24.4 Å². The summed E-state index contributed by atoms with van der Waals surface area (Å²) in [5.74, 6) is -1.18. The monoisotopic (exact) mass is 569 g/mol. The largest absolute Gasteiger partial charge is 0.463 e. The second-order valence-corrected chi connectivity index (χ2v) is 10.7. The van der Waals surface area contributed by atoms with Crippen LogP contribution in [0.3, 0.4) is 0 Å². The molecule has 0 bridgehead atoms. The van der Waals surface area contributed by atoms with Gasteiger partial charge in [0.2, 0.25) is 5.91 Å². The molecule has 2 amide bonds. The maximum Gasteiger partial charge on any atom is 0.336 e. The van der Waals surface area contributed by atoms with E-state index in [0.717, 1.165) is 16.7 Å². The Morgan fingerprint density at radius 3 is 2.24 bits per heavy atom. The Morgan fingerprint density at radius 2 is 1.57 bits per heavy atom. The van der Waals surface area contributed by atoms with Crippen molar-refractivity contribution < 1.29 is 23.5 Å². The number of amides is 2. The molecule has 2 aliphatic rings. The zero-order chi connectivity index (χ0) is 29.8. The molecule has 1 saturated heterocycles. The maximum atomic E-state index is 14.2. The molecule has 0 N–H and O–H groups in total. The normalized spacial score (nSPS) is 17.5. The van der Waals surface area contributed by atoms with E-state index in [9.17, 15) is 18.8 Å². The van der Waals surface area contributed by atoms with Gasteiger partial charge in [0, 0.05) is 49.8 Å². The van der Waals surface area contributed by atoms with E-state index in [0.29, 0.717) is 48.7 Å². The summed E-state index contributed by atoms with van der Waals surface area (Å²) >= 11 is 0. The van der Waals surface area contributed by atoms with E-state index in [2.05, 4.69) is 0 Å². The van der Waals surface area contributed by atoms with Crippen LogP contribution in [0.2, 0.25) is 0 Å². The predicted molar refractivity (Wildman–Crippen MR) is 159 cm³/mol. The van der Waals surface area contributed by atoms with Crippen molar-refractivity contribution in [3.63, 3.8) is 0 Å². The van der Waals surface area contributed by atoms with Gasteiger partial charge in [0.15, 0.2) is 0 Å². The highest BCUT2D eigenvalue weighted by Gasteiger charge is 2.37. The van der Waals surface area contributed by atoms with E-state index >= 15 is 0 Å². The number of carbonyl (C=O) groups excluding carboxylic acids is 3. The number of halogens is 1. The minimum atomic E-state index is -0.406. The average molecular weight is 570 g/mol. The van der Waals surface area contributed by atoms with Crippen molar-refractivity contribution in [2.45, 2.75) is 39.7 Å². The molecule has 8 heteroatoms. The van der Waals surface area contributed by atoms with Gasteiger partial charge >= 0.3 is 5.97 Å². The van der Waals surface area contributed by atoms with Crippen molar-refractivity contribution >= 4 is 23.5 Å². The lowest BCUT2D eigenvalue weighted by molar-refractivity contribution is -0.140. The number of anilines is 1. The lowest BCUT2D eigenvalue weighted by atomic mass is 9.81. The number of allylic oxidation sites excluding steroid dienone is 1. The average Bonchev–Trinajstić information content (AvgIpc) is 2.99. The van der Waals surface area contributed by atoms with Crippen molar-refractivity contribution in [2.24, 2.45) is 0 Å². The Hall–Kier alpha value is -4.46. The van der Waals surface area contributed by atoms with Crippen LogP contribution in [-0.4, -0.2) is 60.4 Å². The van der Waals surface area contributed by atoms with Crippen molar-refractivity contribution in [2.75, 3.05) is 37.7 Å². The molecule has 2 heterocycles. The Balaban J connectivity index is 1.29. The molecular formula is C34H36FN3O4. The fourth-order valence-electron chi connectivity index (χ4n) is 5.90. The van der Waals surface area contributed by atoms with Crippen LogP contribution >= 0.6 is 0 Å². The summed E-state index contributed by atoms with van der Waals surface area (Å²) in [7, 11) is 0. The van der Waals surface area contributed by atoms with Crippen molar-refractivity contribution in [1.29, 1.82) is 0 Å². The van der Waals surface area contributed by atoms with Crippen LogP contribution in [-0.2, 0) is 20.9 Å². The van der Waals surface area contributed by atoms with Crippen molar-refractivity contribution in [1.82, 2.24) is 9.80 Å². The third kappa shape index (κ3) is 5.93. The summed E-state index contributed by atoms with van der Waals surface area (Å²) < 4.78 is 19.6. The number of hydrogen-bond acceptors (Lipinski definition) is 5. The van der Waals surface area contributed by atoms with Crippen LogP contribution in [0, 0.1) is 12.7 Å². The molecule has 218 valence electrons. The minimum Gasteiger partial charge on any atom is -0.463 e. The van der Waals surface area contributed by atoms with Gasteiger partial charge in [-0.3, -0.25) is 9.59 Å².